The summed E-state index contributed by atoms with van der Waals surface area (Å²) in [5.41, 5.74) is 6.10. The Morgan fingerprint density at radius 3 is 2.07 bits per heavy atom. The Balaban J connectivity index is 1.64. The zero-order chi connectivity index (χ0) is 30.0. The Morgan fingerprint density at radius 1 is 0.951 bits per heavy atom. The van der Waals surface area contributed by atoms with Crippen LogP contribution in [0.2, 0.25) is 0 Å². The molecule has 0 aliphatic carbocycles. The molecule has 0 atom stereocenters. The number of nitrogens with one attached hydrogen (secondary N) is 3. The number of hydrogen-bond donors (Lipinski definition) is 4. The third-order valence-corrected chi connectivity index (χ3v) is 5.92. The van der Waals surface area contributed by atoms with E-state index < -0.39 is 16.9 Å². The quantitative estimate of drug-likeness (QED) is 0.0979. The van der Waals surface area contributed by atoms with Gasteiger partial charge in [-0.05, 0) is 36.5 Å². The Morgan fingerprint density at radius 2 is 1.54 bits per heavy atom. The number of nitrogens with zero attached hydrogens (tertiary/aromatic N) is 2. The van der Waals surface area contributed by atoms with Crippen molar-refractivity contribution in [2.75, 3.05) is 82.0 Å². The van der Waals surface area contributed by atoms with Crippen LogP contribution in [-0.4, -0.2) is 93.8 Å². The number of amides is 3. The summed E-state index contributed by atoms with van der Waals surface area (Å²) >= 11 is 0.752. The van der Waals surface area contributed by atoms with Gasteiger partial charge in [-0.3, -0.25) is 25.0 Å². The van der Waals surface area contributed by atoms with Crippen molar-refractivity contribution in [3.63, 3.8) is 0 Å². The second kappa shape index (κ2) is 18.4. The highest BCUT2D eigenvalue weighted by molar-refractivity contribution is 7.19. The van der Waals surface area contributed by atoms with E-state index in [-0.39, 0.29) is 46.2 Å². The van der Waals surface area contributed by atoms with Crippen molar-refractivity contribution in [2.24, 2.45) is 5.73 Å². The minimum absolute atomic E-state index is 0.0829. The van der Waals surface area contributed by atoms with Crippen LogP contribution in [0.15, 0.2) is 18.2 Å². The van der Waals surface area contributed by atoms with Gasteiger partial charge in [0.2, 0.25) is 5.91 Å². The van der Waals surface area contributed by atoms with Crippen molar-refractivity contribution < 1.29 is 43.0 Å². The second-order valence-corrected chi connectivity index (χ2v) is 9.08. The molecule has 0 aliphatic heterocycles. The van der Waals surface area contributed by atoms with Crippen LogP contribution in [0, 0.1) is 17.0 Å². The predicted octanol–water partition coefficient (Wildman–Crippen LogP) is 2.14. The molecule has 0 spiro atoms. The highest BCUT2D eigenvalue weighted by atomic mass is 32.1. The summed E-state index contributed by atoms with van der Waals surface area (Å²) in [5, 5.41) is 19.3. The number of aromatic nitrogens is 1. The van der Waals surface area contributed by atoms with Crippen LogP contribution in [-0.2, 0) is 28.5 Å². The van der Waals surface area contributed by atoms with Crippen molar-refractivity contribution in [3.8, 4) is 0 Å². The largest absolute Gasteiger partial charge is 0.447 e. The van der Waals surface area contributed by atoms with Gasteiger partial charge in [0, 0.05) is 19.2 Å². The van der Waals surface area contributed by atoms with Crippen molar-refractivity contribution in [1.29, 1.82) is 0 Å². The van der Waals surface area contributed by atoms with Crippen LogP contribution in [0.4, 0.5) is 26.3 Å². The normalized spacial score (nSPS) is 10.7. The van der Waals surface area contributed by atoms with Gasteiger partial charge in [0.25, 0.3) is 5.91 Å². The number of aryl methyl sites for hydroxylation is 1. The van der Waals surface area contributed by atoms with Crippen molar-refractivity contribution >= 4 is 50.8 Å². The van der Waals surface area contributed by atoms with E-state index in [1.165, 1.54) is 19.9 Å². The molecule has 1 heterocycles. The number of hydrogen-bond acceptors (Lipinski definition) is 13. The average molecular weight is 599 g/mol. The Hall–Kier alpha value is -3.90. The lowest BCUT2D eigenvalue weighted by molar-refractivity contribution is -0.380. The van der Waals surface area contributed by atoms with Gasteiger partial charge >= 0.3 is 11.1 Å². The van der Waals surface area contributed by atoms with Gasteiger partial charge in [0.1, 0.15) is 12.3 Å². The van der Waals surface area contributed by atoms with Crippen molar-refractivity contribution in [2.45, 2.75) is 13.8 Å². The SMILES string of the molecule is CC(=O)Nc1cc(NCCOCCOCCOCCOCCOC(N)=O)ccc1C(=O)Nc1nc(C)c([N+](=O)[O-])s1. The summed E-state index contributed by atoms with van der Waals surface area (Å²) in [6, 6.07) is 4.80. The maximum absolute atomic E-state index is 12.8. The van der Waals surface area contributed by atoms with E-state index in [4.69, 9.17) is 24.7 Å². The number of benzene rings is 1. The molecular formula is C24H34N6O10S. The number of rotatable bonds is 20. The molecule has 0 aliphatic rings. The van der Waals surface area contributed by atoms with Gasteiger partial charge < -0.3 is 40.1 Å². The number of carbonyl (C=O) groups excluding carboxylic acids is 3. The summed E-state index contributed by atoms with van der Waals surface area (Å²) < 4.78 is 26.0. The third kappa shape index (κ3) is 13.3. The number of thiazole rings is 1. The Labute approximate surface area is 240 Å². The van der Waals surface area contributed by atoms with E-state index in [2.05, 4.69) is 25.7 Å². The summed E-state index contributed by atoms with van der Waals surface area (Å²) in [4.78, 5) is 49.4. The first-order chi connectivity index (χ1) is 19.7. The number of nitrogens with two attached hydrogens (primary N) is 1. The first-order valence-corrected chi connectivity index (χ1v) is 13.3. The average Bonchev–Trinajstić information content (AvgIpc) is 3.28. The zero-order valence-electron chi connectivity index (χ0n) is 22.8. The third-order valence-electron chi connectivity index (χ3n) is 4.90. The lowest BCUT2D eigenvalue weighted by Crippen LogP contribution is -2.18. The number of carbonyl (C=O) groups is 3. The van der Waals surface area contributed by atoms with Crippen LogP contribution < -0.4 is 21.7 Å². The molecule has 0 saturated heterocycles. The zero-order valence-corrected chi connectivity index (χ0v) is 23.6. The van der Waals surface area contributed by atoms with Gasteiger partial charge in [0.15, 0.2) is 5.13 Å². The van der Waals surface area contributed by atoms with E-state index in [0.29, 0.717) is 58.5 Å². The maximum atomic E-state index is 12.8. The monoisotopic (exact) mass is 598 g/mol. The summed E-state index contributed by atoms with van der Waals surface area (Å²) in [5.74, 6) is -0.940. The van der Waals surface area contributed by atoms with Crippen LogP contribution in [0.1, 0.15) is 23.0 Å². The number of anilines is 3. The molecule has 0 fully saturated rings. The maximum Gasteiger partial charge on any atom is 0.404 e. The Bertz CT molecular complexity index is 1160. The first kappa shape index (κ1) is 33.3. The standard InChI is InChI=1S/C24H34N6O10S/c1-16-22(30(34)35)41-24(27-16)29-21(32)19-4-3-18(15-20(19)28-17(2)31)26-5-6-36-7-8-37-9-10-38-11-12-39-13-14-40-23(25)33/h3-4,15,26H,5-14H2,1-2H3,(H2,25,33)(H,28,31)(H,27,29,32). The molecule has 0 bridgehead atoms. The molecule has 226 valence electrons. The number of nitro groups is 1. The van der Waals surface area contributed by atoms with Gasteiger partial charge in [0.05, 0.1) is 69.0 Å². The van der Waals surface area contributed by atoms with Crippen molar-refractivity contribution in [1.82, 2.24) is 4.98 Å². The minimum Gasteiger partial charge on any atom is -0.447 e. The second-order valence-electron chi connectivity index (χ2n) is 8.11. The van der Waals surface area contributed by atoms with Crippen LogP contribution in [0.25, 0.3) is 0 Å². The summed E-state index contributed by atoms with van der Waals surface area (Å²) in [6.07, 6.45) is -0.837. The molecule has 3 amide bonds. The molecular weight excluding hydrogens is 564 g/mol. The molecule has 1 aromatic carbocycles. The van der Waals surface area contributed by atoms with Crippen LogP contribution >= 0.6 is 11.3 Å². The van der Waals surface area contributed by atoms with E-state index in [1.807, 2.05) is 0 Å². The predicted molar refractivity (Wildman–Crippen MR) is 150 cm³/mol. The molecule has 2 aromatic rings. The van der Waals surface area contributed by atoms with E-state index in [0.717, 1.165) is 11.3 Å². The number of primary amides is 1. The fourth-order valence-electron chi connectivity index (χ4n) is 3.15. The topological polar surface area (TPSA) is 216 Å². The molecule has 5 N–H and O–H groups in total. The fraction of sp³-hybridized carbons (Fsp3) is 0.500. The van der Waals surface area contributed by atoms with Crippen molar-refractivity contribution in [3.05, 3.63) is 39.6 Å². The Kier molecular flexibility index (Phi) is 15.0. The summed E-state index contributed by atoms with van der Waals surface area (Å²) in [7, 11) is 0. The molecule has 17 heteroatoms. The molecule has 2 rings (SSSR count). The highest BCUT2D eigenvalue weighted by Crippen LogP contribution is 2.30. The van der Waals surface area contributed by atoms with Gasteiger partial charge in [-0.2, -0.15) is 0 Å². The molecule has 0 unspecified atom stereocenters. The highest BCUT2D eigenvalue weighted by Gasteiger charge is 2.21. The van der Waals surface area contributed by atoms with E-state index in [1.54, 1.807) is 12.1 Å². The lowest BCUT2D eigenvalue weighted by Gasteiger charge is -2.13. The smallest absolute Gasteiger partial charge is 0.404 e. The molecule has 0 radical (unpaired) electrons. The van der Waals surface area contributed by atoms with Gasteiger partial charge in [-0.15, -0.1) is 0 Å². The summed E-state index contributed by atoms with van der Waals surface area (Å²) in [6.45, 7) is 6.31. The van der Waals surface area contributed by atoms with E-state index >= 15 is 0 Å². The van der Waals surface area contributed by atoms with Gasteiger partial charge in [-0.25, -0.2) is 9.78 Å². The fourth-order valence-corrected chi connectivity index (χ4v) is 3.93. The van der Waals surface area contributed by atoms with E-state index in [9.17, 15) is 24.5 Å². The van der Waals surface area contributed by atoms with Crippen LogP contribution in [0.5, 0.6) is 0 Å². The molecule has 0 saturated carbocycles. The number of ether oxygens (including phenoxy) is 5. The molecule has 1 aromatic heterocycles. The lowest BCUT2D eigenvalue weighted by atomic mass is 10.1. The van der Waals surface area contributed by atoms with Gasteiger partial charge in [-0.1, -0.05) is 0 Å². The van der Waals surface area contributed by atoms with Crippen LogP contribution in [0.3, 0.4) is 0 Å². The minimum atomic E-state index is -0.837. The molecule has 16 nitrogen and oxygen atoms in total. The molecule has 41 heavy (non-hydrogen) atoms. The first-order valence-electron chi connectivity index (χ1n) is 12.5.